The smallest absolute Gasteiger partial charge is 0.338 e. The molecule has 0 N–H and O–H groups in total. The van der Waals surface area contributed by atoms with E-state index in [-0.39, 0.29) is 12.5 Å². The first-order valence-corrected chi connectivity index (χ1v) is 9.00. The summed E-state index contributed by atoms with van der Waals surface area (Å²) in [5.74, 6) is 1.18. The maximum atomic E-state index is 12.3. The number of rotatable bonds is 7. The fourth-order valence-electron chi connectivity index (χ4n) is 2.79. The van der Waals surface area contributed by atoms with Gasteiger partial charge in [0, 0.05) is 18.5 Å². The molecule has 30 heavy (non-hydrogen) atoms. The van der Waals surface area contributed by atoms with Gasteiger partial charge in [0.15, 0.2) is 6.61 Å². The van der Waals surface area contributed by atoms with Crippen LogP contribution in [0.15, 0.2) is 65.4 Å². The van der Waals surface area contributed by atoms with E-state index < -0.39 is 5.97 Å². The number of carbonyl (C=O) groups excluding carboxylic acids is 1. The molecular formula is C21H18N4O5. The molecular weight excluding hydrogens is 388 g/mol. The summed E-state index contributed by atoms with van der Waals surface area (Å²) in [5, 5.41) is 8.08. The van der Waals surface area contributed by atoms with Crippen molar-refractivity contribution in [2.45, 2.75) is 6.61 Å². The van der Waals surface area contributed by atoms with Crippen molar-refractivity contribution in [3.8, 4) is 28.6 Å². The van der Waals surface area contributed by atoms with Crippen molar-refractivity contribution in [2.24, 2.45) is 0 Å². The molecule has 0 aliphatic rings. The van der Waals surface area contributed by atoms with Crippen LogP contribution in [0.4, 0.5) is 0 Å². The number of methoxy groups -OCH3 is 2. The highest BCUT2D eigenvalue weighted by molar-refractivity contribution is 5.89. The highest BCUT2D eigenvalue weighted by atomic mass is 16.6. The lowest BCUT2D eigenvalue weighted by Crippen LogP contribution is -2.06. The lowest BCUT2D eigenvalue weighted by atomic mass is 10.2. The number of ether oxygens (including phenoxy) is 3. The number of aromatic nitrogens is 4. The second kappa shape index (κ2) is 8.48. The average Bonchev–Trinajstić information content (AvgIpc) is 3.49. The van der Waals surface area contributed by atoms with E-state index in [1.54, 1.807) is 67.6 Å². The van der Waals surface area contributed by atoms with Gasteiger partial charge in [-0.2, -0.15) is 10.1 Å². The molecule has 2 aromatic heterocycles. The zero-order valence-electron chi connectivity index (χ0n) is 16.3. The molecule has 0 amide bonds. The molecule has 0 radical (unpaired) electrons. The SMILES string of the molecule is COc1ccc(-c2noc(COC(=O)c3ccc(-n4cccn4)cc3)n2)c(OC)c1. The van der Waals surface area contributed by atoms with Gasteiger partial charge >= 0.3 is 5.97 Å². The van der Waals surface area contributed by atoms with Crippen LogP contribution in [0.2, 0.25) is 0 Å². The summed E-state index contributed by atoms with van der Waals surface area (Å²) in [5.41, 5.74) is 1.88. The Kier molecular flexibility index (Phi) is 5.42. The molecule has 2 aromatic carbocycles. The van der Waals surface area contributed by atoms with Crippen LogP contribution < -0.4 is 9.47 Å². The molecule has 4 aromatic rings. The van der Waals surface area contributed by atoms with Crippen molar-refractivity contribution in [1.82, 2.24) is 19.9 Å². The molecule has 0 fully saturated rings. The third kappa shape index (κ3) is 4.00. The predicted octanol–water partition coefficient (Wildman–Crippen LogP) is 3.30. The maximum Gasteiger partial charge on any atom is 0.338 e. The Morgan fingerprint density at radius 1 is 1.10 bits per heavy atom. The summed E-state index contributed by atoms with van der Waals surface area (Å²) in [6.45, 7) is -0.148. The summed E-state index contributed by atoms with van der Waals surface area (Å²) in [7, 11) is 3.11. The minimum absolute atomic E-state index is 0.148. The fraction of sp³-hybridized carbons (Fsp3) is 0.143. The zero-order valence-corrected chi connectivity index (χ0v) is 16.3. The van der Waals surface area contributed by atoms with E-state index in [0.717, 1.165) is 5.69 Å². The van der Waals surface area contributed by atoms with E-state index in [0.29, 0.717) is 28.5 Å². The Hall–Kier alpha value is -4.14. The van der Waals surface area contributed by atoms with Gasteiger partial charge in [0.05, 0.1) is 31.0 Å². The summed E-state index contributed by atoms with van der Waals surface area (Å²) in [4.78, 5) is 16.6. The lowest BCUT2D eigenvalue weighted by molar-refractivity contribution is 0.0430. The Bertz CT molecular complexity index is 1140. The summed E-state index contributed by atoms with van der Waals surface area (Å²) < 4.78 is 22.7. The fourth-order valence-corrected chi connectivity index (χ4v) is 2.79. The molecule has 0 bridgehead atoms. The van der Waals surface area contributed by atoms with Crippen molar-refractivity contribution in [3.05, 3.63) is 72.4 Å². The molecule has 0 spiro atoms. The Balaban J connectivity index is 1.41. The van der Waals surface area contributed by atoms with Crippen LogP contribution in [0.1, 0.15) is 16.2 Å². The molecule has 0 atom stereocenters. The number of hydrogen-bond donors (Lipinski definition) is 0. The van der Waals surface area contributed by atoms with Gasteiger partial charge in [-0.15, -0.1) is 0 Å². The van der Waals surface area contributed by atoms with Crippen LogP contribution in [-0.4, -0.2) is 40.1 Å². The largest absolute Gasteiger partial charge is 0.497 e. The zero-order chi connectivity index (χ0) is 20.9. The van der Waals surface area contributed by atoms with Gasteiger partial charge in [0.1, 0.15) is 11.5 Å². The summed E-state index contributed by atoms with van der Waals surface area (Å²) >= 11 is 0. The van der Waals surface area contributed by atoms with E-state index in [1.807, 2.05) is 12.3 Å². The van der Waals surface area contributed by atoms with Crippen LogP contribution >= 0.6 is 0 Å². The molecule has 0 aliphatic carbocycles. The predicted molar refractivity (Wildman–Crippen MR) is 106 cm³/mol. The molecule has 2 heterocycles. The molecule has 0 saturated carbocycles. The first-order chi connectivity index (χ1) is 14.7. The van der Waals surface area contributed by atoms with Crippen LogP contribution in [0.25, 0.3) is 17.1 Å². The first-order valence-electron chi connectivity index (χ1n) is 9.00. The van der Waals surface area contributed by atoms with Gasteiger partial charge in [0.2, 0.25) is 5.82 Å². The summed E-state index contributed by atoms with van der Waals surface area (Å²) in [6.07, 6.45) is 3.50. The second-order valence-electron chi connectivity index (χ2n) is 6.15. The van der Waals surface area contributed by atoms with Gasteiger partial charge < -0.3 is 18.7 Å². The highest BCUT2D eigenvalue weighted by Gasteiger charge is 2.16. The minimum atomic E-state index is -0.496. The lowest BCUT2D eigenvalue weighted by Gasteiger charge is -2.07. The van der Waals surface area contributed by atoms with E-state index >= 15 is 0 Å². The molecule has 4 rings (SSSR count). The monoisotopic (exact) mass is 406 g/mol. The first kappa shape index (κ1) is 19.2. The average molecular weight is 406 g/mol. The van der Waals surface area contributed by atoms with Crippen LogP contribution in [0, 0.1) is 0 Å². The third-order valence-corrected chi connectivity index (χ3v) is 4.32. The Morgan fingerprint density at radius 2 is 1.93 bits per heavy atom. The van der Waals surface area contributed by atoms with Crippen LogP contribution in [-0.2, 0) is 11.3 Å². The maximum absolute atomic E-state index is 12.3. The van der Waals surface area contributed by atoms with Gasteiger partial charge in [0.25, 0.3) is 5.89 Å². The van der Waals surface area contributed by atoms with E-state index in [1.165, 1.54) is 0 Å². The normalized spacial score (nSPS) is 10.6. The van der Waals surface area contributed by atoms with E-state index in [2.05, 4.69) is 15.2 Å². The van der Waals surface area contributed by atoms with Crippen molar-refractivity contribution < 1.29 is 23.5 Å². The molecule has 0 aliphatic heterocycles. The topological polar surface area (TPSA) is 102 Å². The van der Waals surface area contributed by atoms with Crippen molar-refractivity contribution in [2.75, 3.05) is 14.2 Å². The molecule has 9 nitrogen and oxygen atoms in total. The van der Waals surface area contributed by atoms with Gasteiger partial charge in [-0.05, 0) is 42.5 Å². The quantitative estimate of drug-likeness (QED) is 0.431. The van der Waals surface area contributed by atoms with E-state index in [9.17, 15) is 4.79 Å². The van der Waals surface area contributed by atoms with Crippen molar-refractivity contribution >= 4 is 5.97 Å². The molecule has 9 heteroatoms. The number of esters is 1. The third-order valence-electron chi connectivity index (χ3n) is 4.32. The van der Waals surface area contributed by atoms with Crippen LogP contribution in [0.5, 0.6) is 11.5 Å². The van der Waals surface area contributed by atoms with Crippen molar-refractivity contribution in [1.29, 1.82) is 0 Å². The Labute approximate surface area is 171 Å². The van der Waals surface area contributed by atoms with Crippen molar-refractivity contribution in [3.63, 3.8) is 0 Å². The Morgan fingerprint density at radius 3 is 2.63 bits per heavy atom. The minimum Gasteiger partial charge on any atom is -0.497 e. The van der Waals surface area contributed by atoms with Gasteiger partial charge in [-0.1, -0.05) is 5.16 Å². The number of nitrogens with zero attached hydrogens (tertiary/aromatic N) is 4. The van der Waals surface area contributed by atoms with Gasteiger partial charge in [-0.3, -0.25) is 0 Å². The molecule has 0 saturated heterocycles. The molecule has 0 unspecified atom stereocenters. The number of carbonyl (C=O) groups is 1. The number of benzene rings is 2. The highest BCUT2D eigenvalue weighted by Crippen LogP contribution is 2.31. The second-order valence-corrected chi connectivity index (χ2v) is 6.15. The summed E-state index contributed by atoms with van der Waals surface area (Å²) in [6, 6.07) is 14.0. The molecule has 152 valence electrons. The standard InChI is InChI=1S/C21H18N4O5/c1-27-16-8-9-17(18(12-16)28-2)20-23-19(30-24-20)13-29-21(26)14-4-6-15(7-5-14)25-11-3-10-22-25/h3-12H,13H2,1-2H3. The van der Waals surface area contributed by atoms with Crippen LogP contribution in [0.3, 0.4) is 0 Å². The van der Waals surface area contributed by atoms with E-state index in [4.69, 9.17) is 18.7 Å². The van der Waals surface area contributed by atoms with Gasteiger partial charge in [-0.25, -0.2) is 9.48 Å². The number of hydrogen-bond acceptors (Lipinski definition) is 8.